The Bertz CT molecular complexity index is 1150. The van der Waals surface area contributed by atoms with Gasteiger partial charge in [-0.05, 0) is 36.4 Å². The Hall–Kier alpha value is -3.55. The molecule has 1 N–H and O–H groups in total. The van der Waals surface area contributed by atoms with Crippen LogP contribution >= 0.6 is 11.3 Å². The lowest BCUT2D eigenvalue weighted by Crippen LogP contribution is -1.96. The molecule has 0 atom stereocenters. The van der Waals surface area contributed by atoms with Crippen molar-refractivity contribution >= 4 is 44.0 Å². The van der Waals surface area contributed by atoms with Crippen LogP contribution in [0.2, 0.25) is 0 Å². The summed E-state index contributed by atoms with van der Waals surface area (Å²) in [6, 6.07) is 15.0. The molecule has 4 aromatic rings. The van der Waals surface area contributed by atoms with E-state index in [1.807, 2.05) is 24.3 Å². The molecule has 112 valence electrons. The predicted octanol–water partition coefficient (Wildman–Crippen LogP) is 3.73. The molecule has 0 saturated carbocycles. The molecule has 0 aliphatic rings. The van der Waals surface area contributed by atoms with Gasteiger partial charge in [-0.1, -0.05) is 0 Å². The van der Waals surface area contributed by atoms with E-state index in [1.54, 1.807) is 12.1 Å². The number of thiazole rings is 1. The van der Waals surface area contributed by atoms with E-state index in [-0.39, 0.29) is 0 Å². The zero-order valence-corrected chi connectivity index (χ0v) is 13.0. The molecule has 0 bridgehead atoms. The highest BCUT2D eigenvalue weighted by atomic mass is 32.1. The van der Waals surface area contributed by atoms with E-state index < -0.39 is 0 Å². The molecule has 2 aromatic heterocycles. The number of hydrogen-bond acceptors (Lipinski definition) is 7. The molecule has 0 aliphatic heterocycles. The first-order chi connectivity index (χ1) is 11.8. The number of hydrogen-bond donors (Lipinski definition) is 1. The molecular weight excluding hydrogens is 320 g/mol. The van der Waals surface area contributed by atoms with E-state index in [0.29, 0.717) is 16.4 Å². The highest BCUT2D eigenvalue weighted by Crippen LogP contribution is 2.34. The SMILES string of the molecule is N#Cc1ccc(Nc2ncnc3ccc4nc(C#N)sc4c23)cc1. The van der Waals surface area contributed by atoms with Gasteiger partial charge in [0.05, 0.1) is 32.8 Å². The van der Waals surface area contributed by atoms with Gasteiger partial charge in [0.25, 0.3) is 0 Å². The topological polar surface area (TPSA) is 98.3 Å². The smallest absolute Gasteiger partial charge is 0.195 e. The second-order valence-corrected chi connectivity index (χ2v) is 5.97. The summed E-state index contributed by atoms with van der Waals surface area (Å²) in [5.41, 5.74) is 2.94. The summed E-state index contributed by atoms with van der Waals surface area (Å²) in [6.45, 7) is 0. The van der Waals surface area contributed by atoms with Gasteiger partial charge >= 0.3 is 0 Å². The van der Waals surface area contributed by atoms with Crippen LogP contribution in [0.5, 0.6) is 0 Å². The zero-order valence-electron chi connectivity index (χ0n) is 12.2. The van der Waals surface area contributed by atoms with Crippen molar-refractivity contribution in [3.63, 3.8) is 0 Å². The first kappa shape index (κ1) is 14.1. The molecule has 0 spiro atoms. The number of fused-ring (bicyclic) bond motifs is 3. The summed E-state index contributed by atoms with van der Waals surface area (Å²) < 4.78 is 0.876. The fraction of sp³-hybridized carbons (Fsp3) is 0. The Morgan fingerprint density at radius 2 is 1.71 bits per heavy atom. The van der Waals surface area contributed by atoms with Crippen LogP contribution in [-0.4, -0.2) is 15.0 Å². The largest absolute Gasteiger partial charge is 0.340 e. The third kappa shape index (κ3) is 2.30. The minimum Gasteiger partial charge on any atom is -0.340 e. The molecule has 0 radical (unpaired) electrons. The molecular formula is C17H8N6S. The Labute approximate surface area is 140 Å². The van der Waals surface area contributed by atoms with Gasteiger partial charge in [0.15, 0.2) is 5.01 Å². The first-order valence-corrected chi connectivity index (χ1v) is 7.81. The maximum atomic E-state index is 9.09. The van der Waals surface area contributed by atoms with Crippen LogP contribution in [0.25, 0.3) is 21.1 Å². The van der Waals surface area contributed by atoms with Crippen molar-refractivity contribution in [1.29, 1.82) is 10.5 Å². The van der Waals surface area contributed by atoms with Crippen molar-refractivity contribution in [2.24, 2.45) is 0 Å². The van der Waals surface area contributed by atoms with Crippen molar-refractivity contribution in [3.05, 3.63) is 53.3 Å². The van der Waals surface area contributed by atoms with E-state index in [9.17, 15) is 0 Å². The van der Waals surface area contributed by atoms with Crippen LogP contribution < -0.4 is 5.32 Å². The molecule has 0 aliphatic carbocycles. The van der Waals surface area contributed by atoms with E-state index in [4.69, 9.17) is 10.5 Å². The standard InChI is InChI=1S/C17H8N6S/c18-7-10-1-3-11(4-2-10)22-17-15-12(20-9-21-17)5-6-13-16(15)24-14(8-19)23-13/h1-6,9H,(H,20,21,22). The van der Waals surface area contributed by atoms with Crippen molar-refractivity contribution in [1.82, 2.24) is 15.0 Å². The average molecular weight is 328 g/mol. The maximum absolute atomic E-state index is 9.09. The third-order valence-electron chi connectivity index (χ3n) is 3.53. The third-order valence-corrected chi connectivity index (χ3v) is 4.52. The zero-order chi connectivity index (χ0) is 16.5. The van der Waals surface area contributed by atoms with E-state index in [0.717, 1.165) is 26.8 Å². The number of nitrogens with zero attached hydrogens (tertiary/aromatic N) is 5. The lowest BCUT2D eigenvalue weighted by molar-refractivity contribution is 1.22. The van der Waals surface area contributed by atoms with Crippen molar-refractivity contribution in [2.75, 3.05) is 5.32 Å². The quantitative estimate of drug-likeness (QED) is 0.602. The Morgan fingerprint density at radius 1 is 0.917 bits per heavy atom. The van der Waals surface area contributed by atoms with Gasteiger partial charge in [0.2, 0.25) is 0 Å². The van der Waals surface area contributed by atoms with Crippen molar-refractivity contribution < 1.29 is 0 Å². The normalized spacial score (nSPS) is 10.4. The molecule has 6 nitrogen and oxygen atoms in total. The number of nitriles is 2. The number of benzene rings is 2. The Morgan fingerprint density at radius 3 is 2.46 bits per heavy atom. The molecule has 0 amide bonds. The average Bonchev–Trinajstić information content (AvgIpc) is 3.06. The van der Waals surface area contributed by atoms with Crippen molar-refractivity contribution in [2.45, 2.75) is 0 Å². The molecule has 0 fully saturated rings. The van der Waals surface area contributed by atoms with Crippen LogP contribution in [0.15, 0.2) is 42.7 Å². The highest BCUT2D eigenvalue weighted by Gasteiger charge is 2.12. The Kier molecular flexibility index (Phi) is 3.27. The van der Waals surface area contributed by atoms with Gasteiger partial charge in [0, 0.05) is 5.69 Å². The second kappa shape index (κ2) is 5.58. The lowest BCUT2D eigenvalue weighted by Gasteiger charge is -2.08. The first-order valence-electron chi connectivity index (χ1n) is 7.00. The van der Waals surface area contributed by atoms with E-state index in [2.05, 4.69) is 32.4 Å². The maximum Gasteiger partial charge on any atom is 0.195 e. The molecule has 7 heteroatoms. The number of nitrogens with one attached hydrogen (secondary N) is 1. The lowest BCUT2D eigenvalue weighted by atomic mass is 10.2. The van der Waals surface area contributed by atoms with Gasteiger partial charge in [-0.3, -0.25) is 0 Å². The van der Waals surface area contributed by atoms with E-state index >= 15 is 0 Å². The molecule has 2 heterocycles. The molecule has 0 saturated heterocycles. The van der Waals surface area contributed by atoms with Gasteiger partial charge < -0.3 is 5.32 Å². The molecule has 4 rings (SSSR count). The highest BCUT2D eigenvalue weighted by molar-refractivity contribution is 7.20. The monoisotopic (exact) mass is 328 g/mol. The number of anilines is 2. The fourth-order valence-electron chi connectivity index (χ4n) is 2.44. The summed E-state index contributed by atoms with van der Waals surface area (Å²) in [6.07, 6.45) is 1.49. The predicted molar refractivity (Wildman–Crippen MR) is 91.9 cm³/mol. The van der Waals surface area contributed by atoms with Crippen LogP contribution in [0.4, 0.5) is 11.5 Å². The summed E-state index contributed by atoms with van der Waals surface area (Å²) >= 11 is 1.32. The number of aromatic nitrogens is 3. The van der Waals surface area contributed by atoms with Gasteiger partial charge in [0.1, 0.15) is 18.2 Å². The van der Waals surface area contributed by atoms with Crippen LogP contribution in [0.1, 0.15) is 10.6 Å². The summed E-state index contributed by atoms with van der Waals surface area (Å²) in [4.78, 5) is 12.9. The minimum atomic E-state index is 0.408. The van der Waals surface area contributed by atoms with Crippen LogP contribution in [-0.2, 0) is 0 Å². The fourth-order valence-corrected chi connectivity index (χ4v) is 3.34. The minimum absolute atomic E-state index is 0.408. The summed E-state index contributed by atoms with van der Waals surface area (Å²) in [5, 5.41) is 22.5. The van der Waals surface area contributed by atoms with Gasteiger partial charge in [-0.25, -0.2) is 15.0 Å². The second-order valence-electron chi connectivity index (χ2n) is 4.98. The van der Waals surface area contributed by atoms with Crippen molar-refractivity contribution in [3.8, 4) is 12.1 Å². The van der Waals surface area contributed by atoms with Gasteiger partial charge in [-0.2, -0.15) is 10.5 Å². The molecule has 2 aromatic carbocycles. The molecule has 24 heavy (non-hydrogen) atoms. The summed E-state index contributed by atoms with van der Waals surface area (Å²) in [5.74, 6) is 0.642. The Balaban J connectivity index is 1.89. The van der Waals surface area contributed by atoms with Gasteiger partial charge in [-0.15, -0.1) is 11.3 Å². The van der Waals surface area contributed by atoms with Crippen LogP contribution in [0, 0.1) is 22.7 Å². The van der Waals surface area contributed by atoms with E-state index in [1.165, 1.54) is 17.7 Å². The number of rotatable bonds is 2. The van der Waals surface area contributed by atoms with Crippen LogP contribution in [0.3, 0.4) is 0 Å². The molecule has 0 unspecified atom stereocenters. The summed E-state index contributed by atoms with van der Waals surface area (Å²) in [7, 11) is 0.